The Bertz CT molecular complexity index is 662. The lowest BCUT2D eigenvalue weighted by molar-refractivity contribution is 0.0986. The topological polar surface area (TPSA) is 25.2 Å². The summed E-state index contributed by atoms with van der Waals surface area (Å²) in [5.41, 5.74) is 2.46. The van der Waals surface area contributed by atoms with Crippen molar-refractivity contribution in [2.45, 2.75) is 32.8 Å². The van der Waals surface area contributed by atoms with Crippen molar-refractivity contribution in [3.8, 4) is 5.69 Å². The van der Waals surface area contributed by atoms with Crippen LogP contribution in [0.3, 0.4) is 0 Å². The van der Waals surface area contributed by atoms with Crippen molar-refractivity contribution in [1.82, 2.24) is 4.57 Å². The van der Waals surface area contributed by atoms with Crippen LogP contribution >= 0.6 is 15.9 Å². The Morgan fingerprint density at radius 1 is 1.35 bits per heavy atom. The third-order valence-corrected chi connectivity index (χ3v) is 4.44. The van der Waals surface area contributed by atoms with E-state index in [9.17, 15) is 9.50 Å². The van der Waals surface area contributed by atoms with E-state index in [1.165, 1.54) is 6.07 Å². The first kappa shape index (κ1) is 13.8. The average molecular weight is 338 g/mol. The van der Waals surface area contributed by atoms with E-state index < -0.39 is 6.10 Å². The van der Waals surface area contributed by atoms with Gasteiger partial charge in [-0.05, 0) is 42.5 Å². The standard InChI is InChI=1S/C16H17BrFNO/c1-16(2)8-14-11(15(20)9-16)5-6-19(14)13-7-10(17)3-4-12(13)18/h3-7,15,20H,8-9H2,1-2H3. The first-order valence-electron chi connectivity index (χ1n) is 6.71. The molecule has 1 N–H and O–H groups in total. The van der Waals surface area contributed by atoms with Crippen LogP contribution in [0.4, 0.5) is 4.39 Å². The summed E-state index contributed by atoms with van der Waals surface area (Å²) in [6.45, 7) is 4.27. The van der Waals surface area contributed by atoms with Gasteiger partial charge in [-0.25, -0.2) is 4.39 Å². The zero-order valence-electron chi connectivity index (χ0n) is 11.5. The Morgan fingerprint density at radius 2 is 2.10 bits per heavy atom. The summed E-state index contributed by atoms with van der Waals surface area (Å²) in [7, 11) is 0. The van der Waals surface area contributed by atoms with Gasteiger partial charge in [0.2, 0.25) is 0 Å². The molecule has 1 aromatic heterocycles. The highest BCUT2D eigenvalue weighted by molar-refractivity contribution is 9.10. The van der Waals surface area contributed by atoms with Gasteiger partial charge in [0.1, 0.15) is 5.82 Å². The van der Waals surface area contributed by atoms with E-state index in [4.69, 9.17) is 0 Å². The van der Waals surface area contributed by atoms with Crippen molar-refractivity contribution in [2.75, 3.05) is 0 Å². The number of aromatic nitrogens is 1. The second-order valence-corrected chi connectivity index (χ2v) is 7.16. The molecule has 2 nitrogen and oxygen atoms in total. The Kier molecular flexibility index (Phi) is 3.26. The molecule has 0 radical (unpaired) electrons. The average Bonchev–Trinajstić information content (AvgIpc) is 2.74. The minimum Gasteiger partial charge on any atom is -0.388 e. The van der Waals surface area contributed by atoms with Crippen LogP contribution in [0.2, 0.25) is 0 Å². The second kappa shape index (κ2) is 4.71. The molecular weight excluding hydrogens is 321 g/mol. The summed E-state index contributed by atoms with van der Waals surface area (Å²) in [5, 5.41) is 10.3. The van der Waals surface area contributed by atoms with Crippen molar-refractivity contribution in [3.63, 3.8) is 0 Å². The van der Waals surface area contributed by atoms with Crippen molar-refractivity contribution in [3.05, 3.63) is 52.0 Å². The molecular formula is C16H17BrFNO. The summed E-state index contributed by atoms with van der Waals surface area (Å²) < 4.78 is 16.8. The fraction of sp³-hybridized carbons (Fsp3) is 0.375. The number of fused-ring (bicyclic) bond motifs is 1. The van der Waals surface area contributed by atoms with Gasteiger partial charge in [-0.2, -0.15) is 0 Å². The molecule has 4 heteroatoms. The largest absolute Gasteiger partial charge is 0.388 e. The van der Waals surface area contributed by atoms with Crippen LogP contribution in [0.5, 0.6) is 0 Å². The minimum atomic E-state index is -0.467. The first-order valence-corrected chi connectivity index (χ1v) is 7.50. The molecule has 3 rings (SSSR count). The van der Waals surface area contributed by atoms with E-state index in [1.54, 1.807) is 12.1 Å². The fourth-order valence-electron chi connectivity index (χ4n) is 3.03. The van der Waals surface area contributed by atoms with Crippen molar-refractivity contribution in [2.24, 2.45) is 5.41 Å². The lowest BCUT2D eigenvalue weighted by Crippen LogP contribution is -2.26. The van der Waals surface area contributed by atoms with Gasteiger partial charge in [-0.1, -0.05) is 29.8 Å². The van der Waals surface area contributed by atoms with E-state index in [1.807, 2.05) is 16.8 Å². The normalized spacial score (nSPS) is 20.8. The SMILES string of the molecule is CC1(C)Cc2c(ccn2-c2cc(Br)ccc2F)C(O)C1. The highest BCUT2D eigenvalue weighted by atomic mass is 79.9. The predicted molar refractivity (Wildman–Crippen MR) is 80.5 cm³/mol. The first-order chi connectivity index (χ1) is 9.37. The molecule has 0 spiro atoms. The summed E-state index contributed by atoms with van der Waals surface area (Å²) in [6.07, 6.45) is 2.95. The van der Waals surface area contributed by atoms with Crippen molar-refractivity contribution in [1.29, 1.82) is 0 Å². The molecule has 1 atom stereocenters. The Morgan fingerprint density at radius 3 is 2.85 bits per heavy atom. The fourth-order valence-corrected chi connectivity index (χ4v) is 3.37. The molecule has 1 aliphatic carbocycles. The summed E-state index contributed by atoms with van der Waals surface area (Å²) in [4.78, 5) is 0. The van der Waals surface area contributed by atoms with E-state index in [0.717, 1.165) is 28.6 Å². The van der Waals surface area contributed by atoms with Crippen LogP contribution in [-0.4, -0.2) is 9.67 Å². The van der Waals surface area contributed by atoms with E-state index >= 15 is 0 Å². The minimum absolute atomic E-state index is 0.0189. The number of halogens is 2. The van der Waals surface area contributed by atoms with Crippen LogP contribution < -0.4 is 0 Å². The van der Waals surface area contributed by atoms with Crippen LogP contribution in [0.25, 0.3) is 5.69 Å². The third-order valence-electron chi connectivity index (χ3n) is 3.95. The summed E-state index contributed by atoms with van der Waals surface area (Å²) >= 11 is 3.38. The lowest BCUT2D eigenvalue weighted by Gasteiger charge is -2.34. The molecule has 0 saturated heterocycles. The van der Waals surface area contributed by atoms with Gasteiger partial charge < -0.3 is 9.67 Å². The number of aliphatic hydroxyl groups excluding tert-OH is 1. The predicted octanol–water partition coefficient (Wildman–Crippen LogP) is 4.38. The smallest absolute Gasteiger partial charge is 0.147 e. The van der Waals surface area contributed by atoms with Crippen LogP contribution in [0.1, 0.15) is 37.6 Å². The summed E-state index contributed by atoms with van der Waals surface area (Å²) in [6, 6.07) is 6.81. The molecule has 2 aromatic rings. The highest BCUT2D eigenvalue weighted by Gasteiger charge is 2.33. The van der Waals surface area contributed by atoms with Crippen LogP contribution in [0, 0.1) is 11.2 Å². The molecule has 0 aliphatic heterocycles. The zero-order valence-corrected chi connectivity index (χ0v) is 13.1. The maximum Gasteiger partial charge on any atom is 0.147 e. The third kappa shape index (κ3) is 2.31. The Hall–Kier alpha value is -1.13. The van der Waals surface area contributed by atoms with Gasteiger partial charge in [0.15, 0.2) is 0 Å². The molecule has 1 unspecified atom stereocenters. The molecule has 0 amide bonds. The van der Waals surface area contributed by atoms with Gasteiger partial charge >= 0.3 is 0 Å². The van der Waals surface area contributed by atoms with Crippen LogP contribution in [0.15, 0.2) is 34.9 Å². The molecule has 0 saturated carbocycles. The van der Waals surface area contributed by atoms with Crippen LogP contribution in [-0.2, 0) is 6.42 Å². The molecule has 0 bridgehead atoms. The second-order valence-electron chi connectivity index (χ2n) is 6.24. The molecule has 1 aliphatic rings. The van der Waals surface area contributed by atoms with Gasteiger partial charge in [0, 0.05) is 21.9 Å². The molecule has 106 valence electrons. The van der Waals surface area contributed by atoms with Gasteiger partial charge in [0.25, 0.3) is 0 Å². The number of nitrogens with zero attached hydrogens (tertiary/aromatic N) is 1. The Labute approximate surface area is 126 Å². The molecule has 0 fully saturated rings. The number of hydrogen-bond acceptors (Lipinski definition) is 1. The number of benzene rings is 1. The van der Waals surface area contributed by atoms with Gasteiger partial charge in [-0.15, -0.1) is 0 Å². The van der Waals surface area contributed by atoms with Crippen molar-refractivity contribution >= 4 is 15.9 Å². The molecule has 20 heavy (non-hydrogen) atoms. The number of aliphatic hydroxyl groups is 1. The number of hydrogen-bond donors (Lipinski definition) is 1. The van der Waals surface area contributed by atoms with E-state index in [2.05, 4.69) is 29.8 Å². The highest BCUT2D eigenvalue weighted by Crippen LogP contribution is 2.42. The van der Waals surface area contributed by atoms with E-state index in [-0.39, 0.29) is 11.2 Å². The van der Waals surface area contributed by atoms with Crippen molar-refractivity contribution < 1.29 is 9.50 Å². The monoisotopic (exact) mass is 337 g/mol. The quantitative estimate of drug-likeness (QED) is 0.820. The molecule has 1 heterocycles. The molecule has 1 aromatic carbocycles. The zero-order chi connectivity index (χ0) is 14.5. The van der Waals surface area contributed by atoms with E-state index in [0.29, 0.717) is 5.69 Å². The number of rotatable bonds is 1. The maximum absolute atomic E-state index is 14.1. The Balaban J connectivity index is 2.16. The lowest BCUT2D eigenvalue weighted by atomic mass is 9.75. The summed E-state index contributed by atoms with van der Waals surface area (Å²) in [5.74, 6) is -0.260. The maximum atomic E-state index is 14.1. The van der Waals surface area contributed by atoms with Gasteiger partial charge in [0.05, 0.1) is 11.8 Å². The van der Waals surface area contributed by atoms with Gasteiger partial charge in [-0.3, -0.25) is 0 Å².